The second-order valence-corrected chi connectivity index (χ2v) is 4.36. The third-order valence-electron chi connectivity index (χ3n) is 2.13. The summed E-state index contributed by atoms with van der Waals surface area (Å²) in [5, 5.41) is 2.60. The van der Waals surface area contributed by atoms with Gasteiger partial charge in [-0.05, 0) is 30.7 Å². The Balaban J connectivity index is 2.57. The van der Waals surface area contributed by atoms with Crippen LogP contribution in [0.1, 0.15) is 30.1 Å². The van der Waals surface area contributed by atoms with Gasteiger partial charge in [0.1, 0.15) is 0 Å². The SMILES string of the molecule is CCCCNC(=O)C(=O)c1ccc(Br)cc1. The van der Waals surface area contributed by atoms with Crippen molar-refractivity contribution in [2.75, 3.05) is 6.54 Å². The normalized spacial score (nSPS) is 9.88. The molecule has 1 amide bonds. The average Bonchev–Trinajstić information content (AvgIpc) is 2.29. The fourth-order valence-corrected chi connectivity index (χ4v) is 1.46. The minimum Gasteiger partial charge on any atom is -0.349 e. The van der Waals surface area contributed by atoms with E-state index in [1.165, 1.54) is 0 Å². The lowest BCUT2D eigenvalue weighted by atomic mass is 10.1. The lowest BCUT2D eigenvalue weighted by Gasteiger charge is -2.03. The number of Topliss-reactive ketones (excluding diaryl/α,β-unsaturated/α-hetero) is 1. The van der Waals surface area contributed by atoms with E-state index in [1.807, 2.05) is 6.92 Å². The third-order valence-corrected chi connectivity index (χ3v) is 2.66. The van der Waals surface area contributed by atoms with Crippen LogP contribution in [0.15, 0.2) is 28.7 Å². The second kappa shape index (κ2) is 6.43. The first-order chi connectivity index (χ1) is 7.65. The van der Waals surface area contributed by atoms with Crippen LogP contribution < -0.4 is 5.32 Å². The first kappa shape index (κ1) is 12.9. The first-order valence-corrected chi connectivity index (χ1v) is 6.02. The molecule has 0 spiro atoms. The molecule has 86 valence electrons. The number of hydrogen-bond acceptors (Lipinski definition) is 2. The molecule has 0 bridgehead atoms. The van der Waals surface area contributed by atoms with E-state index in [4.69, 9.17) is 0 Å². The van der Waals surface area contributed by atoms with Gasteiger partial charge >= 0.3 is 0 Å². The van der Waals surface area contributed by atoms with E-state index in [-0.39, 0.29) is 0 Å². The van der Waals surface area contributed by atoms with Crippen LogP contribution in [0, 0.1) is 0 Å². The Morgan fingerprint density at radius 2 is 1.88 bits per heavy atom. The largest absolute Gasteiger partial charge is 0.349 e. The Morgan fingerprint density at radius 3 is 2.44 bits per heavy atom. The summed E-state index contributed by atoms with van der Waals surface area (Å²) in [5.74, 6) is -1.01. The van der Waals surface area contributed by atoms with Crippen LogP contribution in [-0.2, 0) is 4.79 Å². The predicted molar refractivity (Wildman–Crippen MR) is 66.4 cm³/mol. The third kappa shape index (κ3) is 3.77. The summed E-state index contributed by atoms with van der Waals surface area (Å²) in [4.78, 5) is 23.1. The molecule has 0 aliphatic heterocycles. The zero-order valence-corrected chi connectivity index (χ0v) is 10.7. The molecule has 0 aliphatic rings. The molecule has 0 atom stereocenters. The maximum Gasteiger partial charge on any atom is 0.292 e. The first-order valence-electron chi connectivity index (χ1n) is 5.23. The molecule has 4 heteroatoms. The standard InChI is InChI=1S/C12H14BrNO2/c1-2-3-8-14-12(16)11(15)9-4-6-10(13)7-5-9/h4-7H,2-3,8H2,1H3,(H,14,16). The number of carbonyl (C=O) groups is 2. The Labute approximate surface area is 103 Å². The van der Waals surface area contributed by atoms with Gasteiger partial charge < -0.3 is 5.32 Å². The van der Waals surface area contributed by atoms with Gasteiger partial charge in [0.05, 0.1) is 0 Å². The zero-order chi connectivity index (χ0) is 12.0. The minimum atomic E-state index is -0.532. The number of rotatable bonds is 5. The smallest absolute Gasteiger partial charge is 0.292 e. The maximum absolute atomic E-state index is 11.6. The van der Waals surface area contributed by atoms with Crippen molar-refractivity contribution < 1.29 is 9.59 Å². The molecular formula is C12H14BrNO2. The fraction of sp³-hybridized carbons (Fsp3) is 0.333. The lowest BCUT2D eigenvalue weighted by molar-refractivity contribution is -0.117. The molecule has 0 saturated heterocycles. The molecule has 0 fully saturated rings. The van der Waals surface area contributed by atoms with Gasteiger partial charge in [-0.25, -0.2) is 0 Å². The topological polar surface area (TPSA) is 46.2 Å². The van der Waals surface area contributed by atoms with Gasteiger partial charge in [-0.1, -0.05) is 29.3 Å². The number of halogens is 1. The van der Waals surface area contributed by atoms with Crippen LogP contribution in [0.25, 0.3) is 0 Å². The molecule has 3 nitrogen and oxygen atoms in total. The van der Waals surface area contributed by atoms with Gasteiger partial charge in [0.25, 0.3) is 5.91 Å². The van der Waals surface area contributed by atoms with Crippen LogP contribution in [0.5, 0.6) is 0 Å². The summed E-state index contributed by atoms with van der Waals surface area (Å²) < 4.78 is 0.885. The minimum absolute atomic E-state index is 0.414. The Hall–Kier alpha value is -1.16. The molecule has 1 aromatic rings. The fourth-order valence-electron chi connectivity index (χ4n) is 1.19. The summed E-state index contributed by atoms with van der Waals surface area (Å²) in [6.07, 6.45) is 1.88. The summed E-state index contributed by atoms with van der Waals surface area (Å²) in [6.45, 7) is 2.58. The molecular weight excluding hydrogens is 270 g/mol. The molecule has 0 aromatic heterocycles. The van der Waals surface area contributed by atoms with Crippen molar-refractivity contribution in [3.8, 4) is 0 Å². The average molecular weight is 284 g/mol. The lowest BCUT2D eigenvalue weighted by Crippen LogP contribution is -2.31. The van der Waals surface area contributed by atoms with E-state index in [2.05, 4.69) is 21.2 Å². The van der Waals surface area contributed by atoms with E-state index in [1.54, 1.807) is 24.3 Å². The van der Waals surface area contributed by atoms with Crippen LogP contribution in [0.3, 0.4) is 0 Å². The van der Waals surface area contributed by atoms with Crippen LogP contribution in [-0.4, -0.2) is 18.2 Å². The molecule has 1 aromatic carbocycles. The van der Waals surface area contributed by atoms with Gasteiger partial charge in [0.2, 0.25) is 5.78 Å². The van der Waals surface area contributed by atoms with Crippen molar-refractivity contribution in [2.24, 2.45) is 0 Å². The number of amides is 1. The van der Waals surface area contributed by atoms with Crippen molar-refractivity contribution >= 4 is 27.6 Å². The summed E-state index contributed by atoms with van der Waals surface area (Å²) in [5.41, 5.74) is 0.414. The highest BCUT2D eigenvalue weighted by Crippen LogP contribution is 2.10. The van der Waals surface area contributed by atoms with Crippen LogP contribution in [0.2, 0.25) is 0 Å². The summed E-state index contributed by atoms with van der Waals surface area (Å²) in [6, 6.07) is 6.75. The summed E-state index contributed by atoms with van der Waals surface area (Å²) >= 11 is 3.27. The summed E-state index contributed by atoms with van der Waals surface area (Å²) in [7, 11) is 0. The predicted octanol–water partition coefficient (Wildman–Crippen LogP) is 2.55. The molecule has 1 N–H and O–H groups in total. The van der Waals surface area contributed by atoms with Crippen molar-refractivity contribution in [3.05, 3.63) is 34.3 Å². The molecule has 16 heavy (non-hydrogen) atoms. The van der Waals surface area contributed by atoms with Gasteiger partial charge in [0, 0.05) is 16.6 Å². The molecule has 0 aliphatic carbocycles. The van der Waals surface area contributed by atoms with Crippen LogP contribution >= 0.6 is 15.9 Å². The van der Waals surface area contributed by atoms with E-state index in [0.717, 1.165) is 17.3 Å². The van der Waals surface area contributed by atoms with E-state index in [9.17, 15) is 9.59 Å². The molecule has 0 unspecified atom stereocenters. The van der Waals surface area contributed by atoms with Gasteiger partial charge in [-0.2, -0.15) is 0 Å². The monoisotopic (exact) mass is 283 g/mol. The highest BCUT2D eigenvalue weighted by molar-refractivity contribution is 9.10. The van der Waals surface area contributed by atoms with Crippen molar-refractivity contribution in [1.82, 2.24) is 5.32 Å². The highest BCUT2D eigenvalue weighted by atomic mass is 79.9. The number of unbranched alkanes of at least 4 members (excludes halogenated alkanes) is 1. The quantitative estimate of drug-likeness (QED) is 0.513. The highest BCUT2D eigenvalue weighted by Gasteiger charge is 2.14. The van der Waals surface area contributed by atoms with E-state index in [0.29, 0.717) is 12.1 Å². The van der Waals surface area contributed by atoms with Crippen molar-refractivity contribution in [2.45, 2.75) is 19.8 Å². The van der Waals surface area contributed by atoms with Crippen molar-refractivity contribution in [3.63, 3.8) is 0 Å². The van der Waals surface area contributed by atoms with Gasteiger partial charge in [0.15, 0.2) is 0 Å². The number of ketones is 1. The Kier molecular flexibility index (Phi) is 5.19. The number of carbonyl (C=O) groups excluding carboxylic acids is 2. The Morgan fingerprint density at radius 1 is 1.25 bits per heavy atom. The van der Waals surface area contributed by atoms with Gasteiger partial charge in [-0.3, -0.25) is 9.59 Å². The molecule has 0 saturated carbocycles. The van der Waals surface area contributed by atoms with E-state index < -0.39 is 11.7 Å². The maximum atomic E-state index is 11.6. The second-order valence-electron chi connectivity index (χ2n) is 3.45. The number of benzene rings is 1. The van der Waals surface area contributed by atoms with Gasteiger partial charge in [-0.15, -0.1) is 0 Å². The molecule has 0 radical (unpaired) electrons. The molecule has 0 heterocycles. The zero-order valence-electron chi connectivity index (χ0n) is 9.13. The number of hydrogen-bond donors (Lipinski definition) is 1. The van der Waals surface area contributed by atoms with Crippen molar-refractivity contribution in [1.29, 1.82) is 0 Å². The molecule has 1 rings (SSSR count). The Bertz CT molecular complexity index is 373. The van der Waals surface area contributed by atoms with E-state index >= 15 is 0 Å². The van der Waals surface area contributed by atoms with Crippen LogP contribution in [0.4, 0.5) is 0 Å². The number of nitrogens with one attached hydrogen (secondary N) is 1.